The molecule has 31 heavy (non-hydrogen) atoms. The summed E-state index contributed by atoms with van der Waals surface area (Å²) < 4.78 is 5.53. The van der Waals surface area contributed by atoms with Crippen LogP contribution in [0.2, 0.25) is 0 Å². The molecule has 0 bridgehead atoms. The Kier molecular flexibility index (Phi) is 7.88. The van der Waals surface area contributed by atoms with E-state index in [-0.39, 0.29) is 17.8 Å². The molecule has 1 heterocycles. The summed E-state index contributed by atoms with van der Waals surface area (Å²) in [6.07, 6.45) is 3.65. The van der Waals surface area contributed by atoms with Crippen LogP contribution >= 0.6 is 0 Å². The van der Waals surface area contributed by atoms with Gasteiger partial charge in [0.1, 0.15) is 5.75 Å². The zero-order chi connectivity index (χ0) is 22.2. The van der Waals surface area contributed by atoms with Crippen molar-refractivity contribution in [2.75, 3.05) is 13.2 Å². The van der Waals surface area contributed by atoms with E-state index in [9.17, 15) is 14.7 Å². The molecule has 2 aromatic carbocycles. The van der Waals surface area contributed by atoms with Crippen molar-refractivity contribution >= 4 is 11.7 Å². The van der Waals surface area contributed by atoms with E-state index in [1.54, 1.807) is 4.90 Å². The van der Waals surface area contributed by atoms with Gasteiger partial charge in [-0.15, -0.1) is 0 Å². The van der Waals surface area contributed by atoms with E-state index in [1.807, 2.05) is 61.5 Å². The number of unbranched alkanes of at least 4 members (excludes halogenated alkanes) is 2. The second-order valence-corrected chi connectivity index (χ2v) is 7.78. The van der Waals surface area contributed by atoms with E-state index >= 15 is 0 Å². The van der Waals surface area contributed by atoms with Crippen LogP contribution in [0.4, 0.5) is 0 Å². The smallest absolute Gasteiger partial charge is 0.290 e. The number of ketones is 1. The predicted molar refractivity (Wildman–Crippen MR) is 121 cm³/mol. The summed E-state index contributed by atoms with van der Waals surface area (Å²) in [5.41, 5.74) is 2.07. The molecule has 0 saturated heterocycles. The zero-order valence-corrected chi connectivity index (χ0v) is 18.3. The number of aliphatic hydroxyl groups excluding tert-OH is 1. The summed E-state index contributed by atoms with van der Waals surface area (Å²) in [6.45, 7) is 5.09. The summed E-state index contributed by atoms with van der Waals surface area (Å²) in [5, 5.41) is 10.7. The lowest BCUT2D eigenvalue weighted by Gasteiger charge is -2.27. The number of hydrogen-bond donors (Lipinski definition) is 1. The van der Waals surface area contributed by atoms with Crippen molar-refractivity contribution in [3.63, 3.8) is 0 Å². The molecule has 3 rings (SSSR count). The van der Waals surface area contributed by atoms with E-state index in [2.05, 4.69) is 6.92 Å². The molecule has 0 radical (unpaired) electrons. The van der Waals surface area contributed by atoms with Gasteiger partial charge in [-0.3, -0.25) is 9.59 Å². The molecule has 0 fully saturated rings. The second-order valence-electron chi connectivity index (χ2n) is 7.78. The van der Waals surface area contributed by atoms with Gasteiger partial charge in [0, 0.05) is 13.0 Å². The SMILES string of the molecule is CCCCCN1C(=O)C(O)=C(C(=O)CCc2ccccc2)C1c1ccc(OCC)cc1. The Labute approximate surface area is 184 Å². The molecule has 0 aliphatic carbocycles. The van der Waals surface area contributed by atoms with Crippen LogP contribution in [-0.4, -0.2) is 34.8 Å². The van der Waals surface area contributed by atoms with Gasteiger partial charge in [0.25, 0.3) is 5.91 Å². The largest absolute Gasteiger partial charge is 0.503 e. The van der Waals surface area contributed by atoms with Gasteiger partial charge in [0.2, 0.25) is 0 Å². The van der Waals surface area contributed by atoms with Gasteiger partial charge in [0.15, 0.2) is 11.5 Å². The number of benzene rings is 2. The minimum atomic E-state index is -0.566. The molecule has 0 saturated carbocycles. The molecule has 5 heteroatoms. The van der Waals surface area contributed by atoms with Gasteiger partial charge in [-0.1, -0.05) is 62.2 Å². The first-order valence-electron chi connectivity index (χ1n) is 11.1. The molecular formula is C26H31NO4. The molecule has 1 amide bonds. The van der Waals surface area contributed by atoms with Gasteiger partial charge < -0.3 is 14.7 Å². The Morgan fingerprint density at radius 2 is 1.74 bits per heavy atom. The first kappa shape index (κ1) is 22.6. The summed E-state index contributed by atoms with van der Waals surface area (Å²) in [7, 11) is 0. The number of hydrogen-bond acceptors (Lipinski definition) is 4. The van der Waals surface area contributed by atoms with Gasteiger partial charge in [-0.2, -0.15) is 0 Å². The lowest BCUT2D eigenvalue weighted by molar-refractivity contribution is -0.129. The standard InChI is InChI=1S/C26H31NO4/c1-3-5-9-18-27-24(20-13-15-21(16-14-20)31-4-2)23(25(29)26(27)30)22(28)17-12-19-10-7-6-8-11-19/h6-8,10-11,13-16,24,29H,3-5,9,12,17-18H2,1-2H3. The molecule has 5 nitrogen and oxygen atoms in total. The van der Waals surface area contributed by atoms with Crippen molar-refractivity contribution in [3.05, 3.63) is 77.1 Å². The Morgan fingerprint density at radius 1 is 1.03 bits per heavy atom. The molecule has 1 N–H and O–H groups in total. The van der Waals surface area contributed by atoms with Crippen LogP contribution in [0, 0.1) is 0 Å². The molecule has 1 unspecified atom stereocenters. The summed E-state index contributed by atoms with van der Waals surface area (Å²) in [5.74, 6) is -0.323. The van der Waals surface area contributed by atoms with E-state index in [0.29, 0.717) is 19.6 Å². The quantitative estimate of drug-likeness (QED) is 0.508. The number of aryl methyl sites for hydroxylation is 1. The maximum atomic E-state index is 13.2. The minimum absolute atomic E-state index is 0.188. The van der Waals surface area contributed by atoms with E-state index in [1.165, 1.54) is 0 Å². The Balaban J connectivity index is 1.87. The number of carbonyl (C=O) groups is 2. The number of amides is 1. The van der Waals surface area contributed by atoms with Crippen molar-refractivity contribution < 1.29 is 19.4 Å². The molecule has 0 spiro atoms. The van der Waals surface area contributed by atoms with Gasteiger partial charge >= 0.3 is 0 Å². The highest BCUT2D eigenvalue weighted by Crippen LogP contribution is 2.39. The first-order chi connectivity index (χ1) is 15.1. The van der Waals surface area contributed by atoms with E-state index in [4.69, 9.17) is 4.74 Å². The number of carbonyl (C=O) groups excluding carboxylic acids is 2. The van der Waals surface area contributed by atoms with Gasteiger partial charge in [0.05, 0.1) is 18.2 Å². The maximum absolute atomic E-state index is 13.2. The van der Waals surface area contributed by atoms with Crippen molar-refractivity contribution in [1.29, 1.82) is 0 Å². The number of Topliss-reactive ketones (excluding diaryl/α,β-unsaturated/α-hetero) is 1. The topological polar surface area (TPSA) is 66.8 Å². The zero-order valence-electron chi connectivity index (χ0n) is 18.3. The van der Waals surface area contributed by atoms with Gasteiger partial charge in [-0.25, -0.2) is 0 Å². The maximum Gasteiger partial charge on any atom is 0.290 e. The average molecular weight is 422 g/mol. The summed E-state index contributed by atoms with van der Waals surface area (Å²) >= 11 is 0. The third-order valence-electron chi connectivity index (χ3n) is 5.60. The molecular weight excluding hydrogens is 390 g/mol. The second kappa shape index (κ2) is 10.8. The molecule has 164 valence electrons. The van der Waals surface area contributed by atoms with Crippen molar-refractivity contribution in [1.82, 2.24) is 4.90 Å². The number of ether oxygens (including phenoxy) is 1. The van der Waals surface area contributed by atoms with Crippen LogP contribution in [0.1, 0.15) is 56.7 Å². The predicted octanol–water partition coefficient (Wildman–Crippen LogP) is 5.17. The van der Waals surface area contributed by atoms with Crippen molar-refractivity contribution in [2.24, 2.45) is 0 Å². The van der Waals surface area contributed by atoms with Crippen LogP contribution in [0.5, 0.6) is 5.75 Å². The number of aliphatic hydroxyl groups is 1. The average Bonchev–Trinajstić information content (AvgIpc) is 3.04. The lowest BCUT2D eigenvalue weighted by Crippen LogP contribution is -2.32. The normalized spacial score (nSPS) is 16.1. The molecule has 1 aliphatic rings. The fourth-order valence-electron chi connectivity index (χ4n) is 4.00. The highest BCUT2D eigenvalue weighted by atomic mass is 16.5. The molecule has 0 aromatic heterocycles. The summed E-state index contributed by atoms with van der Waals surface area (Å²) in [6, 6.07) is 16.6. The highest BCUT2D eigenvalue weighted by molar-refractivity contribution is 6.09. The number of rotatable bonds is 11. The van der Waals surface area contributed by atoms with Crippen LogP contribution < -0.4 is 4.74 Å². The fourth-order valence-corrected chi connectivity index (χ4v) is 4.00. The Bertz CT molecular complexity index is 918. The first-order valence-corrected chi connectivity index (χ1v) is 11.1. The minimum Gasteiger partial charge on any atom is -0.503 e. The summed E-state index contributed by atoms with van der Waals surface area (Å²) in [4.78, 5) is 27.7. The molecule has 1 aliphatic heterocycles. The highest BCUT2D eigenvalue weighted by Gasteiger charge is 2.42. The van der Waals surface area contributed by atoms with Crippen molar-refractivity contribution in [2.45, 2.75) is 52.0 Å². The Morgan fingerprint density at radius 3 is 2.39 bits per heavy atom. The third kappa shape index (κ3) is 5.35. The van der Waals surface area contributed by atoms with E-state index < -0.39 is 17.7 Å². The van der Waals surface area contributed by atoms with Gasteiger partial charge in [-0.05, 0) is 43.0 Å². The fraction of sp³-hybridized carbons (Fsp3) is 0.385. The van der Waals surface area contributed by atoms with Crippen LogP contribution in [-0.2, 0) is 16.0 Å². The molecule has 2 aromatic rings. The third-order valence-corrected chi connectivity index (χ3v) is 5.60. The lowest BCUT2D eigenvalue weighted by atomic mass is 9.93. The van der Waals surface area contributed by atoms with Crippen LogP contribution in [0.3, 0.4) is 0 Å². The van der Waals surface area contributed by atoms with Crippen LogP contribution in [0.15, 0.2) is 65.9 Å². The van der Waals surface area contributed by atoms with Crippen LogP contribution in [0.25, 0.3) is 0 Å². The molecule has 1 atom stereocenters. The number of nitrogens with zero attached hydrogens (tertiary/aromatic N) is 1. The Hall–Kier alpha value is -3.08. The monoisotopic (exact) mass is 421 g/mol. The van der Waals surface area contributed by atoms with Crippen molar-refractivity contribution in [3.8, 4) is 5.75 Å². The van der Waals surface area contributed by atoms with E-state index in [0.717, 1.165) is 36.1 Å².